The molecule has 0 radical (unpaired) electrons. The van der Waals surface area contributed by atoms with Crippen LogP contribution in [0.2, 0.25) is 0 Å². The maximum absolute atomic E-state index is 13.6. The fourth-order valence-electron chi connectivity index (χ4n) is 6.55. The minimum atomic E-state index is -2.80. The van der Waals surface area contributed by atoms with Crippen LogP contribution in [0.4, 0.5) is 28.8 Å². The average Bonchev–Trinajstić information content (AvgIpc) is 3.76. The van der Waals surface area contributed by atoms with Crippen LogP contribution >= 0.6 is 7.14 Å². The average molecular weight is 696 g/mol. The van der Waals surface area contributed by atoms with E-state index in [4.69, 9.17) is 14.7 Å². The summed E-state index contributed by atoms with van der Waals surface area (Å²) in [4.78, 5) is 26.5. The van der Waals surface area contributed by atoms with Gasteiger partial charge in [0.05, 0.1) is 47.5 Å². The van der Waals surface area contributed by atoms with Crippen molar-refractivity contribution in [3.05, 3.63) is 61.3 Å². The van der Waals surface area contributed by atoms with Crippen molar-refractivity contribution in [2.75, 3.05) is 68.8 Å². The number of aryl methyl sites for hydroxylation is 1. The number of aromatic nitrogens is 7. The first-order valence-electron chi connectivity index (χ1n) is 16.5. The summed E-state index contributed by atoms with van der Waals surface area (Å²) in [6.45, 7) is 10.9. The second kappa shape index (κ2) is 13.0. The summed E-state index contributed by atoms with van der Waals surface area (Å²) in [5.74, 6) is 1.50. The summed E-state index contributed by atoms with van der Waals surface area (Å²) in [6, 6.07) is 9.72. The summed E-state index contributed by atoms with van der Waals surface area (Å²) in [7, 11) is 0.753. The molecule has 0 spiro atoms. The molecule has 4 N–H and O–H groups in total. The highest BCUT2D eigenvalue weighted by atomic mass is 31.2. The van der Waals surface area contributed by atoms with Gasteiger partial charge in [-0.3, -0.25) is 19.5 Å². The molecule has 1 fully saturated rings. The molecule has 0 amide bonds. The zero-order valence-corrected chi connectivity index (χ0v) is 30.0. The number of aliphatic hydroxyl groups is 1. The van der Waals surface area contributed by atoms with Crippen LogP contribution in [-0.4, -0.2) is 103 Å². The van der Waals surface area contributed by atoms with E-state index in [1.165, 1.54) is 0 Å². The van der Waals surface area contributed by atoms with E-state index in [1.807, 2.05) is 49.9 Å². The zero-order chi connectivity index (χ0) is 35.2. The predicted octanol–water partition coefficient (Wildman–Crippen LogP) is 4.94. The molecular formula is C35H42N11O3P. The third-order valence-electron chi connectivity index (χ3n) is 9.26. The van der Waals surface area contributed by atoms with Gasteiger partial charge in [0.15, 0.2) is 0 Å². The number of rotatable bonds is 10. The SMILES string of the molecule is COc1cc(N2CCN(C(C)(C)CO)CC2)c(-c2cnn(C)c2)cc1Nc1nc(Nc2ccc3nccnc3c2P(C)(C)=O)c2cc[nH]c2n1. The first-order chi connectivity index (χ1) is 23.9. The molecule has 1 aliphatic rings. The van der Waals surface area contributed by atoms with E-state index in [0.29, 0.717) is 50.9 Å². The number of nitrogens with one attached hydrogen (secondary N) is 3. The second-order valence-corrected chi connectivity index (χ2v) is 16.7. The van der Waals surface area contributed by atoms with E-state index in [2.05, 4.69) is 60.4 Å². The van der Waals surface area contributed by atoms with Crippen molar-refractivity contribution in [3.63, 3.8) is 0 Å². The van der Waals surface area contributed by atoms with Crippen LogP contribution in [0, 0.1) is 0 Å². The van der Waals surface area contributed by atoms with Gasteiger partial charge in [-0.25, -0.2) is 0 Å². The minimum Gasteiger partial charge on any atom is -0.494 e. The van der Waals surface area contributed by atoms with E-state index in [1.54, 1.807) is 37.5 Å². The lowest BCUT2D eigenvalue weighted by atomic mass is 10.0. The summed E-state index contributed by atoms with van der Waals surface area (Å²) in [5, 5.41) is 22.6. The van der Waals surface area contributed by atoms with E-state index >= 15 is 0 Å². The van der Waals surface area contributed by atoms with Crippen LogP contribution in [0.3, 0.4) is 0 Å². The number of fused-ring (bicyclic) bond motifs is 2. The Morgan fingerprint density at radius 2 is 1.80 bits per heavy atom. The molecule has 14 nitrogen and oxygen atoms in total. The summed E-state index contributed by atoms with van der Waals surface area (Å²) < 4.78 is 21.3. The molecule has 1 saturated heterocycles. The summed E-state index contributed by atoms with van der Waals surface area (Å²) >= 11 is 0. The van der Waals surface area contributed by atoms with Crippen molar-refractivity contribution in [2.24, 2.45) is 7.05 Å². The minimum absolute atomic E-state index is 0.103. The fourth-order valence-corrected chi connectivity index (χ4v) is 7.94. The Kier molecular flexibility index (Phi) is 8.71. The van der Waals surface area contributed by atoms with Crippen molar-refractivity contribution >= 4 is 63.3 Å². The maximum atomic E-state index is 13.6. The monoisotopic (exact) mass is 695 g/mol. The molecule has 2 aromatic carbocycles. The highest BCUT2D eigenvalue weighted by Crippen LogP contribution is 2.43. The van der Waals surface area contributed by atoms with E-state index in [0.717, 1.165) is 48.4 Å². The molecule has 50 heavy (non-hydrogen) atoms. The molecule has 5 heterocycles. The molecule has 0 atom stereocenters. The van der Waals surface area contributed by atoms with Crippen molar-refractivity contribution in [2.45, 2.75) is 19.4 Å². The standard InChI is InChI=1S/C35H42N11O3P/c1-35(2,21-47)46-15-13-45(14-16-46)28-18-29(49-4)27(17-24(28)22-19-39-44(3)20-22)41-34-42-32-23(9-10-38-32)33(43-34)40-26-8-7-25-30(37-12-11-36-25)31(26)50(5,6)48/h7-12,17-20,47H,13-16,21H2,1-6H3,(H3,38,40,41,42,43). The van der Waals surface area contributed by atoms with Gasteiger partial charge in [0.1, 0.15) is 29.9 Å². The highest BCUT2D eigenvalue weighted by molar-refractivity contribution is 7.71. The third-order valence-corrected chi connectivity index (χ3v) is 10.8. The van der Waals surface area contributed by atoms with Crippen molar-refractivity contribution in [1.82, 2.24) is 39.6 Å². The van der Waals surface area contributed by atoms with E-state index in [9.17, 15) is 9.67 Å². The fraction of sp³-hybridized carbons (Fsp3) is 0.343. The lowest BCUT2D eigenvalue weighted by Crippen LogP contribution is -2.56. The number of aromatic amines is 1. The van der Waals surface area contributed by atoms with Crippen molar-refractivity contribution in [3.8, 4) is 16.9 Å². The number of ether oxygens (including phenoxy) is 1. The first kappa shape index (κ1) is 33.5. The smallest absolute Gasteiger partial charge is 0.231 e. The van der Waals surface area contributed by atoms with Crippen LogP contribution in [0.1, 0.15) is 13.8 Å². The molecule has 1 aliphatic heterocycles. The predicted molar refractivity (Wildman–Crippen MR) is 199 cm³/mol. The quantitative estimate of drug-likeness (QED) is 0.143. The topological polar surface area (TPSA) is 162 Å². The van der Waals surface area contributed by atoms with E-state index < -0.39 is 7.14 Å². The zero-order valence-electron chi connectivity index (χ0n) is 29.1. The lowest BCUT2D eigenvalue weighted by molar-refractivity contribution is 0.0527. The molecular weight excluding hydrogens is 653 g/mol. The number of anilines is 5. The number of nitrogens with zero attached hydrogens (tertiary/aromatic N) is 8. The molecule has 15 heteroatoms. The van der Waals surface area contributed by atoms with Gasteiger partial charge < -0.3 is 34.9 Å². The Morgan fingerprint density at radius 1 is 1.02 bits per heavy atom. The molecule has 4 aromatic heterocycles. The van der Waals surface area contributed by atoms with Gasteiger partial charge in [0.2, 0.25) is 5.95 Å². The Morgan fingerprint density at radius 3 is 2.50 bits per heavy atom. The van der Waals surface area contributed by atoms with Crippen LogP contribution in [0.15, 0.2) is 61.3 Å². The normalized spacial score (nSPS) is 14.4. The number of methoxy groups -OCH3 is 1. The summed E-state index contributed by atoms with van der Waals surface area (Å²) in [6.07, 6.45) is 8.90. The number of piperazine rings is 1. The third kappa shape index (κ3) is 6.37. The largest absolute Gasteiger partial charge is 0.494 e. The number of aliphatic hydroxyl groups excluding tert-OH is 1. The van der Waals surface area contributed by atoms with Gasteiger partial charge in [-0.05, 0) is 51.4 Å². The lowest BCUT2D eigenvalue weighted by Gasteiger charge is -2.44. The highest BCUT2D eigenvalue weighted by Gasteiger charge is 2.31. The van der Waals surface area contributed by atoms with Gasteiger partial charge in [0, 0.05) is 86.4 Å². The molecule has 0 saturated carbocycles. The Bertz CT molecular complexity index is 2230. The maximum Gasteiger partial charge on any atom is 0.231 e. The first-order valence-corrected chi connectivity index (χ1v) is 19.1. The Hall–Kier alpha value is -5.04. The number of benzene rings is 2. The Balaban J connectivity index is 1.27. The molecule has 0 unspecified atom stereocenters. The van der Waals surface area contributed by atoms with Crippen molar-refractivity contribution < 1.29 is 14.4 Å². The molecule has 7 rings (SSSR count). The Labute approximate surface area is 290 Å². The number of H-pyrrole nitrogens is 1. The second-order valence-electron chi connectivity index (χ2n) is 13.5. The van der Waals surface area contributed by atoms with Crippen LogP contribution in [-0.2, 0) is 11.6 Å². The van der Waals surface area contributed by atoms with Gasteiger partial charge in [-0.15, -0.1) is 0 Å². The number of hydrogen-bond donors (Lipinski definition) is 4. The summed E-state index contributed by atoms with van der Waals surface area (Å²) in [5.41, 5.74) is 5.90. The molecule has 0 aliphatic carbocycles. The molecule has 6 aromatic rings. The van der Waals surface area contributed by atoms with Crippen molar-refractivity contribution in [1.29, 1.82) is 0 Å². The van der Waals surface area contributed by atoms with E-state index in [-0.39, 0.29) is 12.1 Å². The van der Waals surface area contributed by atoms with Gasteiger partial charge >= 0.3 is 0 Å². The number of hydrogen-bond acceptors (Lipinski definition) is 12. The molecule has 0 bridgehead atoms. The van der Waals surface area contributed by atoms with Crippen LogP contribution in [0.5, 0.6) is 5.75 Å². The van der Waals surface area contributed by atoms with Gasteiger partial charge in [-0.2, -0.15) is 15.1 Å². The van der Waals surface area contributed by atoms with Gasteiger partial charge in [0.25, 0.3) is 0 Å². The molecule has 260 valence electrons. The van der Waals surface area contributed by atoms with Crippen LogP contribution < -0.4 is 25.6 Å². The van der Waals surface area contributed by atoms with Crippen LogP contribution in [0.25, 0.3) is 33.2 Å². The van der Waals surface area contributed by atoms with Gasteiger partial charge in [-0.1, -0.05) is 0 Å².